The molecule has 118 valence electrons. The summed E-state index contributed by atoms with van der Waals surface area (Å²) in [6.07, 6.45) is 3.77. The Labute approximate surface area is 129 Å². The van der Waals surface area contributed by atoms with E-state index in [1.807, 2.05) is 20.0 Å². The molecule has 1 fully saturated rings. The van der Waals surface area contributed by atoms with E-state index in [9.17, 15) is 4.79 Å². The summed E-state index contributed by atoms with van der Waals surface area (Å²) in [5, 5.41) is 4.18. The minimum Gasteiger partial charge on any atom is -0.466 e. The quantitative estimate of drug-likeness (QED) is 0.863. The summed E-state index contributed by atoms with van der Waals surface area (Å²) >= 11 is 0. The van der Waals surface area contributed by atoms with Crippen LogP contribution in [0.25, 0.3) is 5.65 Å². The van der Waals surface area contributed by atoms with Gasteiger partial charge in [0.25, 0.3) is 0 Å². The van der Waals surface area contributed by atoms with Gasteiger partial charge in [0.2, 0.25) is 5.95 Å². The van der Waals surface area contributed by atoms with Crippen molar-refractivity contribution in [2.24, 2.45) is 5.92 Å². The van der Waals surface area contributed by atoms with Gasteiger partial charge in [0.05, 0.1) is 24.4 Å². The van der Waals surface area contributed by atoms with Crippen molar-refractivity contribution in [1.82, 2.24) is 14.6 Å². The summed E-state index contributed by atoms with van der Waals surface area (Å²) in [6.45, 7) is 5.85. The highest BCUT2D eigenvalue weighted by Gasteiger charge is 2.27. The Bertz CT molecular complexity index is 697. The lowest BCUT2D eigenvalue weighted by molar-refractivity contribution is -0.148. The molecule has 7 nitrogen and oxygen atoms in total. The third-order valence-electron chi connectivity index (χ3n) is 4.03. The van der Waals surface area contributed by atoms with Crippen LogP contribution in [0.1, 0.15) is 25.3 Å². The SMILES string of the molecule is CCOC(=O)C1CCCN(c2cc(C)c3nc(N)nn3c2)C1. The molecule has 0 aromatic carbocycles. The lowest BCUT2D eigenvalue weighted by Crippen LogP contribution is -2.39. The minimum absolute atomic E-state index is 0.0643. The monoisotopic (exact) mass is 303 g/mol. The number of esters is 1. The summed E-state index contributed by atoms with van der Waals surface area (Å²) in [6, 6.07) is 2.07. The highest BCUT2D eigenvalue weighted by atomic mass is 16.5. The number of aryl methyl sites for hydroxylation is 1. The van der Waals surface area contributed by atoms with Gasteiger partial charge in [-0.3, -0.25) is 4.79 Å². The molecule has 1 aliphatic heterocycles. The molecule has 2 aromatic rings. The van der Waals surface area contributed by atoms with Crippen molar-refractivity contribution in [2.45, 2.75) is 26.7 Å². The van der Waals surface area contributed by atoms with Crippen LogP contribution in [0.5, 0.6) is 0 Å². The Kier molecular flexibility index (Phi) is 3.87. The van der Waals surface area contributed by atoms with Gasteiger partial charge < -0.3 is 15.4 Å². The number of rotatable bonds is 3. The molecule has 0 aliphatic carbocycles. The molecule has 2 N–H and O–H groups in total. The first-order valence-corrected chi connectivity index (χ1v) is 7.62. The number of nitrogen functional groups attached to an aromatic ring is 1. The van der Waals surface area contributed by atoms with Crippen LogP contribution >= 0.6 is 0 Å². The predicted molar refractivity (Wildman–Crippen MR) is 83.7 cm³/mol. The first-order chi connectivity index (χ1) is 10.6. The van der Waals surface area contributed by atoms with E-state index >= 15 is 0 Å². The van der Waals surface area contributed by atoms with Crippen molar-refractivity contribution in [3.05, 3.63) is 17.8 Å². The molecule has 1 aliphatic rings. The zero-order valence-corrected chi connectivity index (χ0v) is 13.0. The fourth-order valence-corrected chi connectivity index (χ4v) is 2.98. The summed E-state index contributed by atoms with van der Waals surface area (Å²) in [4.78, 5) is 18.4. The summed E-state index contributed by atoms with van der Waals surface area (Å²) < 4.78 is 6.86. The zero-order chi connectivity index (χ0) is 15.7. The molecule has 3 heterocycles. The third kappa shape index (κ3) is 2.70. The Balaban J connectivity index is 1.85. The van der Waals surface area contributed by atoms with E-state index in [0.717, 1.165) is 36.3 Å². The number of nitrogens with two attached hydrogens (primary N) is 1. The second-order valence-electron chi connectivity index (χ2n) is 5.66. The maximum absolute atomic E-state index is 12.0. The number of nitrogens with zero attached hydrogens (tertiary/aromatic N) is 4. The second-order valence-corrected chi connectivity index (χ2v) is 5.66. The number of pyridine rings is 1. The Morgan fingerprint density at radius 2 is 2.36 bits per heavy atom. The molecule has 2 aromatic heterocycles. The number of aromatic nitrogens is 3. The normalized spacial score (nSPS) is 18.6. The molecule has 7 heteroatoms. The molecular formula is C15H21N5O2. The maximum atomic E-state index is 12.0. The average Bonchev–Trinajstić information content (AvgIpc) is 2.88. The van der Waals surface area contributed by atoms with Gasteiger partial charge in [-0.25, -0.2) is 4.52 Å². The number of fused-ring (bicyclic) bond motifs is 1. The molecule has 0 spiro atoms. The van der Waals surface area contributed by atoms with E-state index in [2.05, 4.69) is 21.0 Å². The van der Waals surface area contributed by atoms with E-state index in [-0.39, 0.29) is 17.8 Å². The van der Waals surface area contributed by atoms with Crippen molar-refractivity contribution in [1.29, 1.82) is 0 Å². The molecule has 3 rings (SSSR count). The second kappa shape index (κ2) is 5.82. The van der Waals surface area contributed by atoms with Crippen LogP contribution in [0, 0.1) is 12.8 Å². The standard InChI is InChI=1S/C15H21N5O2/c1-3-22-14(21)11-5-4-6-19(8-11)12-7-10(2)13-17-15(16)18-20(13)9-12/h7,9,11H,3-6,8H2,1-2H3,(H2,16,18). The van der Waals surface area contributed by atoms with Crippen LogP contribution in [0.3, 0.4) is 0 Å². The predicted octanol–water partition coefficient (Wildman–Crippen LogP) is 1.40. The number of carbonyl (C=O) groups excluding carboxylic acids is 1. The van der Waals surface area contributed by atoms with Crippen LogP contribution < -0.4 is 10.6 Å². The molecule has 0 amide bonds. The highest BCUT2D eigenvalue weighted by molar-refractivity contribution is 5.73. The molecule has 22 heavy (non-hydrogen) atoms. The fraction of sp³-hybridized carbons (Fsp3) is 0.533. The van der Waals surface area contributed by atoms with Crippen LogP contribution in [0.4, 0.5) is 11.6 Å². The van der Waals surface area contributed by atoms with Gasteiger partial charge in [0, 0.05) is 13.1 Å². The zero-order valence-electron chi connectivity index (χ0n) is 13.0. The van der Waals surface area contributed by atoms with Gasteiger partial charge in [0.1, 0.15) is 0 Å². The van der Waals surface area contributed by atoms with Crippen molar-refractivity contribution in [3.8, 4) is 0 Å². The van der Waals surface area contributed by atoms with Crippen LogP contribution in [-0.2, 0) is 9.53 Å². The molecule has 1 atom stereocenters. The number of hydrogen-bond acceptors (Lipinski definition) is 6. The lowest BCUT2D eigenvalue weighted by atomic mass is 9.98. The van der Waals surface area contributed by atoms with Crippen molar-refractivity contribution in [3.63, 3.8) is 0 Å². The van der Waals surface area contributed by atoms with E-state index in [0.29, 0.717) is 13.2 Å². The summed E-state index contributed by atoms with van der Waals surface area (Å²) in [7, 11) is 0. The largest absolute Gasteiger partial charge is 0.466 e. The number of anilines is 2. The number of ether oxygens (including phenoxy) is 1. The van der Waals surface area contributed by atoms with Gasteiger partial charge in [-0.15, -0.1) is 5.10 Å². The third-order valence-corrected chi connectivity index (χ3v) is 4.03. The Hall–Kier alpha value is -2.31. The van der Waals surface area contributed by atoms with E-state index < -0.39 is 0 Å². The maximum Gasteiger partial charge on any atom is 0.310 e. The van der Waals surface area contributed by atoms with E-state index in [1.54, 1.807) is 4.52 Å². The van der Waals surface area contributed by atoms with Crippen LogP contribution in [0.2, 0.25) is 0 Å². The Morgan fingerprint density at radius 1 is 1.55 bits per heavy atom. The van der Waals surface area contributed by atoms with E-state index in [4.69, 9.17) is 10.5 Å². The fourth-order valence-electron chi connectivity index (χ4n) is 2.98. The summed E-state index contributed by atoms with van der Waals surface area (Å²) in [5.41, 5.74) is 8.47. The molecule has 0 bridgehead atoms. The van der Waals surface area contributed by atoms with Crippen molar-refractivity contribution in [2.75, 3.05) is 30.3 Å². The van der Waals surface area contributed by atoms with Gasteiger partial charge in [-0.2, -0.15) is 4.98 Å². The molecule has 1 unspecified atom stereocenters. The van der Waals surface area contributed by atoms with Gasteiger partial charge in [-0.05, 0) is 38.3 Å². The van der Waals surface area contributed by atoms with Crippen LogP contribution in [-0.4, -0.2) is 40.3 Å². The van der Waals surface area contributed by atoms with Gasteiger partial charge in [0.15, 0.2) is 5.65 Å². The van der Waals surface area contributed by atoms with E-state index in [1.165, 1.54) is 0 Å². The van der Waals surface area contributed by atoms with Crippen molar-refractivity contribution >= 4 is 23.3 Å². The average molecular weight is 303 g/mol. The summed E-state index contributed by atoms with van der Waals surface area (Å²) in [5.74, 6) is 0.101. The molecular weight excluding hydrogens is 282 g/mol. The number of hydrogen-bond donors (Lipinski definition) is 1. The lowest BCUT2D eigenvalue weighted by Gasteiger charge is -2.33. The molecule has 0 saturated carbocycles. The van der Waals surface area contributed by atoms with Gasteiger partial charge >= 0.3 is 5.97 Å². The van der Waals surface area contributed by atoms with Crippen molar-refractivity contribution < 1.29 is 9.53 Å². The first-order valence-electron chi connectivity index (χ1n) is 7.62. The molecule has 1 saturated heterocycles. The Morgan fingerprint density at radius 3 is 3.14 bits per heavy atom. The topological polar surface area (TPSA) is 85.8 Å². The highest BCUT2D eigenvalue weighted by Crippen LogP contribution is 2.26. The first kappa shape index (κ1) is 14.6. The molecule has 0 radical (unpaired) electrons. The van der Waals surface area contributed by atoms with Gasteiger partial charge in [-0.1, -0.05) is 0 Å². The smallest absolute Gasteiger partial charge is 0.310 e. The number of carbonyl (C=O) groups is 1. The van der Waals surface area contributed by atoms with Crippen LogP contribution in [0.15, 0.2) is 12.3 Å². The number of piperidine rings is 1. The minimum atomic E-state index is -0.102.